The predicted octanol–water partition coefficient (Wildman–Crippen LogP) is 3.03. The molecule has 0 aliphatic rings. The summed E-state index contributed by atoms with van der Waals surface area (Å²) in [4.78, 5) is 10.6. The highest BCUT2D eigenvalue weighted by Gasteiger charge is 2.02. The van der Waals surface area contributed by atoms with Gasteiger partial charge in [-0.25, -0.2) is 0 Å². The van der Waals surface area contributed by atoms with Gasteiger partial charge >= 0.3 is 0 Å². The van der Waals surface area contributed by atoms with Crippen molar-refractivity contribution < 1.29 is 4.79 Å². The number of aromatic nitrogens is 1. The first kappa shape index (κ1) is 9.99. The second-order valence-corrected chi connectivity index (χ2v) is 3.50. The number of hydrogen-bond acceptors (Lipinski definition) is 1. The number of benzene rings is 1. The van der Waals surface area contributed by atoms with E-state index in [0.29, 0.717) is 11.4 Å². The van der Waals surface area contributed by atoms with Gasteiger partial charge in [-0.3, -0.25) is 4.79 Å². The third-order valence-electron chi connectivity index (χ3n) is 2.27. The summed E-state index contributed by atoms with van der Waals surface area (Å²) in [6.45, 7) is 0. The molecule has 0 saturated carbocycles. The van der Waals surface area contributed by atoms with Gasteiger partial charge in [0.15, 0.2) is 6.29 Å². The van der Waals surface area contributed by atoms with Crippen molar-refractivity contribution in [2.24, 2.45) is 0 Å². The number of carbonyl (C=O) groups is 1. The summed E-state index contributed by atoms with van der Waals surface area (Å²) in [5, 5.41) is 0. The van der Waals surface area contributed by atoms with Crippen molar-refractivity contribution in [1.82, 2.24) is 4.57 Å². The van der Waals surface area contributed by atoms with E-state index in [2.05, 4.69) is 0 Å². The fraction of sp³-hybridized carbons (Fsp3) is 0.0833. The van der Waals surface area contributed by atoms with E-state index in [1.807, 2.05) is 35.0 Å². The average molecular weight is 220 g/mol. The maximum absolute atomic E-state index is 10.6. The van der Waals surface area contributed by atoms with Crippen LogP contribution in [0, 0.1) is 0 Å². The number of para-hydroxylation sites is 1. The van der Waals surface area contributed by atoms with E-state index in [4.69, 9.17) is 11.6 Å². The monoisotopic (exact) mass is 219 g/mol. The summed E-state index contributed by atoms with van der Waals surface area (Å²) in [7, 11) is 0. The van der Waals surface area contributed by atoms with Crippen LogP contribution in [0.3, 0.4) is 0 Å². The van der Waals surface area contributed by atoms with Gasteiger partial charge in [-0.15, -0.1) is 11.6 Å². The van der Waals surface area contributed by atoms with Gasteiger partial charge in [0.05, 0.1) is 0 Å². The Balaban J connectivity index is 2.48. The third kappa shape index (κ3) is 1.95. The SMILES string of the molecule is O=Cc1ccn(-c2ccccc2CCl)c1. The molecule has 0 atom stereocenters. The molecule has 0 radical (unpaired) electrons. The number of rotatable bonds is 3. The molecule has 0 amide bonds. The molecule has 2 aromatic rings. The summed E-state index contributed by atoms with van der Waals surface area (Å²) < 4.78 is 1.90. The molecule has 0 spiro atoms. The second kappa shape index (κ2) is 4.32. The minimum atomic E-state index is 0.463. The highest BCUT2D eigenvalue weighted by molar-refractivity contribution is 6.17. The molecule has 0 fully saturated rings. The minimum absolute atomic E-state index is 0.463. The van der Waals surface area contributed by atoms with Crippen LogP contribution < -0.4 is 0 Å². The summed E-state index contributed by atoms with van der Waals surface area (Å²) in [5.74, 6) is 0.463. The van der Waals surface area contributed by atoms with E-state index in [1.165, 1.54) is 0 Å². The van der Waals surface area contributed by atoms with Crippen molar-refractivity contribution in [3.05, 3.63) is 53.9 Å². The molecule has 1 aromatic heterocycles. The summed E-state index contributed by atoms with van der Waals surface area (Å²) in [6.07, 6.45) is 4.48. The molecule has 15 heavy (non-hydrogen) atoms. The summed E-state index contributed by atoms with van der Waals surface area (Å²) in [5.41, 5.74) is 2.73. The van der Waals surface area contributed by atoms with Gasteiger partial charge in [-0.05, 0) is 17.7 Å². The molecular formula is C12H10ClNO. The lowest BCUT2D eigenvalue weighted by Gasteiger charge is -2.07. The topological polar surface area (TPSA) is 22.0 Å². The Kier molecular flexibility index (Phi) is 2.88. The standard InChI is InChI=1S/C12H10ClNO/c13-7-11-3-1-2-4-12(11)14-6-5-10(8-14)9-15/h1-6,8-9H,7H2. The summed E-state index contributed by atoms with van der Waals surface area (Å²) in [6, 6.07) is 9.63. The highest BCUT2D eigenvalue weighted by atomic mass is 35.5. The molecule has 2 nitrogen and oxygen atoms in total. The first-order chi connectivity index (χ1) is 7.35. The van der Waals surface area contributed by atoms with Gasteiger partial charge in [0.25, 0.3) is 0 Å². The average Bonchev–Trinajstić information content (AvgIpc) is 2.77. The van der Waals surface area contributed by atoms with E-state index in [-0.39, 0.29) is 0 Å². The molecule has 0 aliphatic heterocycles. The second-order valence-electron chi connectivity index (χ2n) is 3.23. The summed E-state index contributed by atoms with van der Waals surface area (Å²) >= 11 is 5.84. The number of nitrogens with zero attached hydrogens (tertiary/aromatic N) is 1. The maximum atomic E-state index is 10.6. The molecule has 0 aliphatic carbocycles. The van der Waals surface area contributed by atoms with Gasteiger partial charge < -0.3 is 4.57 Å². The number of alkyl halides is 1. The van der Waals surface area contributed by atoms with Gasteiger partial charge in [0, 0.05) is 29.5 Å². The van der Waals surface area contributed by atoms with Gasteiger partial charge in [0.1, 0.15) is 0 Å². The lowest BCUT2D eigenvalue weighted by atomic mass is 10.2. The largest absolute Gasteiger partial charge is 0.323 e. The van der Waals surface area contributed by atoms with Gasteiger partial charge in [-0.1, -0.05) is 18.2 Å². The van der Waals surface area contributed by atoms with Gasteiger partial charge in [-0.2, -0.15) is 0 Å². The van der Waals surface area contributed by atoms with E-state index < -0.39 is 0 Å². The minimum Gasteiger partial charge on any atom is -0.323 e. The number of carbonyl (C=O) groups excluding carboxylic acids is 1. The zero-order valence-corrected chi connectivity index (χ0v) is 8.82. The number of aldehydes is 1. The lowest BCUT2D eigenvalue weighted by molar-refractivity contribution is 0.112. The molecule has 0 saturated heterocycles. The molecule has 1 heterocycles. The van der Waals surface area contributed by atoms with Crippen LogP contribution >= 0.6 is 11.6 Å². The molecule has 1 aromatic carbocycles. The normalized spacial score (nSPS) is 10.2. The van der Waals surface area contributed by atoms with Crippen LogP contribution in [0.4, 0.5) is 0 Å². The maximum Gasteiger partial charge on any atom is 0.151 e. The Morgan fingerprint density at radius 1 is 1.27 bits per heavy atom. The van der Waals surface area contributed by atoms with Crippen molar-refractivity contribution in [3.8, 4) is 5.69 Å². The Hall–Kier alpha value is -1.54. The smallest absolute Gasteiger partial charge is 0.151 e. The van der Waals surface area contributed by atoms with Crippen LogP contribution in [0.2, 0.25) is 0 Å². The van der Waals surface area contributed by atoms with E-state index in [1.54, 1.807) is 12.3 Å². The van der Waals surface area contributed by atoms with Crippen LogP contribution in [0.15, 0.2) is 42.7 Å². The van der Waals surface area contributed by atoms with Crippen molar-refractivity contribution in [1.29, 1.82) is 0 Å². The molecule has 0 N–H and O–H groups in total. The first-order valence-corrected chi connectivity index (χ1v) is 5.16. The van der Waals surface area contributed by atoms with Crippen molar-refractivity contribution in [2.45, 2.75) is 5.88 Å². The molecular weight excluding hydrogens is 210 g/mol. The fourth-order valence-corrected chi connectivity index (χ4v) is 1.73. The Morgan fingerprint density at radius 3 is 2.73 bits per heavy atom. The van der Waals surface area contributed by atoms with Crippen molar-refractivity contribution in [3.63, 3.8) is 0 Å². The Labute approximate surface area is 93.1 Å². The van der Waals surface area contributed by atoms with Gasteiger partial charge in [0.2, 0.25) is 0 Å². The van der Waals surface area contributed by atoms with Crippen molar-refractivity contribution in [2.75, 3.05) is 0 Å². The zero-order chi connectivity index (χ0) is 10.7. The molecule has 0 unspecified atom stereocenters. The highest BCUT2D eigenvalue weighted by Crippen LogP contribution is 2.17. The zero-order valence-electron chi connectivity index (χ0n) is 8.06. The van der Waals surface area contributed by atoms with E-state index in [9.17, 15) is 4.79 Å². The van der Waals surface area contributed by atoms with E-state index in [0.717, 1.165) is 17.5 Å². The molecule has 76 valence electrons. The van der Waals surface area contributed by atoms with Crippen LogP contribution in [-0.2, 0) is 5.88 Å². The quantitative estimate of drug-likeness (QED) is 0.575. The molecule has 2 rings (SSSR count). The Morgan fingerprint density at radius 2 is 2.07 bits per heavy atom. The van der Waals surface area contributed by atoms with E-state index >= 15 is 0 Å². The van der Waals surface area contributed by atoms with Crippen molar-refractivity contribution >= 4 is 17.9 Å². The lowest BCUT2D eigenvalue weighted by Crippen LogP contribution is -1.94. The van der Waals surface area contributed by atoms with Crippen LogP contribution in [0.1, 0.15) is 15.9 Å². The Bertz CT molecular complexity index is 476. The molecule has 3 heteroatoms. The van der Waals surface area contributed by atoms with Crippen LogP contribution in [0.5, 0.6) is 0 Å². The van der Waals surface area contributed by atoms with Crippen LogP contribution in [0.25, 0.3) is 5.69 Å². The fourth-order valence-electron chi connectivity index (χ4n) is 1.51. The third-order valence-corrected chi connectivity index (χ3v) is 2.55. The van der Waals surface area contributed by atoms with Crippen LogP contribution in [-0.4, -0.2) is 10.9 Å². The first-order valence-electron chi connectivity index (χ1n) is 4.62. The number of hydrogen-bond donors (Lipinski definition) is 0. The molecule has 0 bridgehead atoms. The predicted molar refractivity (Wildman–Crippen MR) is 60.7 cm³/mol. The number of halogens is 1.